The van der Waals surface area contributed by atoms with Crippen LogP contribution in [0.1, 0.15) is 150 Å². The zero-order valence-corrected chi connectivity index (χ0v) is 81.6. The molecule has 0 radical (unpaired) electrons. The Bertz CT molecular complexity index is 9100. The number of aromatic nitrogens is 9. The SMILES string of the molecule is CC1(C)c2cc3c(cc2-c2ncccc21)C(C)(C)c1cc(-c2cc(-c4cccc(-c5cccc6ccccc56)c4)nc(-c4cccc5ccccc45)c2)cnc1-3.CC1(C)c2cc3c(cc2-c2ncccc21)C(C)(C)c1cc(-c2cc(-c4ccccc4)c4ccccc4n2)cnc1-3.CC1(C)c2cc3c(cc2-c2ncccc21)C(C)(C)c1cc(-c2cc(-c4ccccc4)nc(-c4ccc5ccccc5c4)c2)cnc1-3. The van der Waals surface area contributed by atoms with Crippen LogP contribution in [0.2, 0.25) is 0 Å². The van der Waals surface area contributed by atoms with E-state index in [0.29, 0.717) is 0 Å². The second kappa shape index (κ2) is 31.9. The Morgan fingerprint density at radius 2 is 0.493 bits per heavy atom. The van der Waals surface area contributed by atoms with Crippen molar-refractivity contribution in [1.82, 2.24) is 44.9 Å². The highest BCUT2D eigenvalue weighted by Crippen LogP contribution is 2.61. The van der Waals surface area contributed by atoms with Gasteiger partial charge in [0, 0.05) is 147 Å². The fourth-order valence-electron chi connectivity index (χ4n) is 24.1. The highest BCUT2D eigenvalue weighted by molar-refractivity contribution is 6.02. The van der Waals surface area contributed by atoms with Crippen LogP contribution in [0.3, 0.4) is 0 Å². The van der Waals surface area contributed by atoms with Crippen molar-refractivity contribution in [1.29, 1.82) is 0 Å². The van der Waals surface area contributed by atoms with E-state index >= 15 is 0 Å². The van der Waals surface area contributed by atoms with E-state index in [0.717, 1.165) is 124 Å². The molecule has 0 saturated heterocycles. The molecular weight excluding hydrogens is 1720 g/mol. The van der Waals surface area contributed by atoms with Gasteiger partial charge in [0.1, 0.15) is 0 Å². The Morgan fingerprint density at radius 1 is 0.155 bits per heavy atom. The zero-order valence-electron chi connectivity index (χ0n) is 81.6. The van der Waals surface area contributed by atoms with E-state index in [1.54, 1.807) is 0 Å². The molecule has 9 aromatic heterocycles. The van der Waals surface area contributed by atoms with Crippen LogP contribution in [-0.4, -0.2) is 44.9 Å². The third kappa shape index (κ3) is 13.4. The number of hydrogen-bond donors (Lipinski definition) is 0. The zero-order chi connectivity index (χ0) is 96.2. The predicted molar refractivity (Wildman–Crippen MR) is 584 cm³/mol. The molecule has 0 N–H and O–H groups in total. The normalized spacial score (nSPS) is 14.8. The van der Waals surface area contributed by atoms with Crippen molar-refractivity contribution in [3.05, 3.63) is 462 Å². The summed E-state index contributed by atoms with van der Waals surface area (Å²) in [5.74, 6) is 0. The van der Waals surface area contributed by atoms with E-state index in [2.05, 4.69) is 435 Å². The average Bonchev–Trinajstić information content (AvgIpc) is 1.55. The molecule has 0 unspecified atom stereocenters. The van der Waals surface area contributed by atoms with Gasteiger partial charge in [0.15, 0.2) is 0 Å². The Hall–Kier alpha value is -16.8. The standard InChI is InChI=1S/C53H39N3.C43H33N3.C37H29N3/c1-52(2)44-23-12-24-54-50(44)42-29-46-43(30-45(42)52)51-47(53(46,3)4)26-37(31-55-51)36-27-48(56-49(28-36)41-22-11-16-33-14-6-8-20-39(33)41)35-18-9-17-34(25-35)40-21-10-15-32-13-5-7-19-38(32)40;1-42(2)34-15-10-18-44-40(34)32-23-36-33(24-35(32)42)41-37(43(36,3)4)20-31(25-45-41)30-21-38(27-12-6-5-7-13-27)46-39(22-30)29-17-16-26-11-8-9-14-28(26)19-29;1-36(2)28-14-10-16-38-34(28)26-18-30-27(19-29(26)36)35-31(37(30,3)4)17-23(21-39-35)33-20-25(22-11-6-5-7-12-22)24-13-8-9-15-32(24)40-33/h5-31H,1-4H3;5-25H,1-4H3;5-21H,1-4H3. The van der Waals surface area contributed by atoms with Gasteiger partial charge in [-0.15, -0.1) is 0 Å². The fourth-order valence-corrected chi connectivity index (χ4v) is 24.1. The lowest BCUT2D eigenvalue weighted by atomic mass is 9.79. The van der Waals surface area contributed by atoms with Gasteiger partial charge < -0.3 is 0 Å². The Balaban J connectivity index is 0.000000111. The van der Waals surface area contributed by atoms with Crippen LogP contribution in [0.5, 0.6) is 0 Å². The van der Waals surface area contributed by atoms with Crippen LogP contribution in [0, 0.1) is 0 Å². The number of para-hydroxylation sites is 1. The van der Waals surface area contributed by atoms with Crippen molar-refractivity contribution in [2.75, 3.05) is 0 Å². The van der Waals surface area contributed by atoms with Gasteiger partial charge in [0.25, 0.3) is 0 Å². The van der Waals surface area contributed by atoms with E-state index in [9.17, 15) is 0 Å². The molecular formula is C133H101N9. The van der Waals surface area contributed by atoms with Gasteiger partial charge in [-0.1, -0.05) is 320 Å². The van der Waals surface area contributed by atoms with Crippen molar-refractivity contribution < 1.29 is 0 Å². The summed E-state index contributed by atoms with van der Waals surface area (Å²) in [5.41, 5.74) is 48.9. The van der Waals surface area contributed by atoms with Crippen molar-refractivity contribution in [2.24, 2.45) is 0 Å². The first-order valence-corrected chi connectivity index (χ1v) is 49.5. The molecule has 13 aromatic carbocycles. The van der Waals surface area contributed by atoms with Crippen molar-refractivity contribution >= 4 is 43.2 Å². The summed E-state index contributed by atoms with van der Waals surface area (Å²) < 4.78 is 0. The van der Waals surface area contributed by atoms with E-state index in [1.807, 2.05) is 43.1 Å². The summed E-state index contributed by atoms with van der Waals surface area (Å²) in [6.07, 6.45) is 11.9. The summed E-state index contributed by atoms with van der Waals surface area (Å²) in [6, 6.07) is 129. The largest absolute Gasteiger partial charge is 0.256 e. The molecule has 0 spiro atoms. The van der Waals surface area contributed by atoms with Gasteiger partial charge in [0.05, 0.1) is 68.1 Å². The summed E-state index contributed by atoms with van der Waals surface area (Å²) in [4.78, 5) is 45.8. The molecule has 0 atom stereocenters. The van der Waals surface area contributed by atoms with Crippen LogP contribution < -0.4 is 0 Å². The third-order valence-corrected chi connectivity index (χ3v) is 32.0. The second-order valence-electron chi connectivity index (χ2n) is 42.4. The van der Waals surface area contributed by atoms with Gasteiger partial charge in [-0.3, -0.25) is 29.9 Å². The lowest BCUT2D eigenvalue weighted by Crippen LogP contribution is -2.17. The monoisotopic (exact) mass is 1820 g/mol. The summed E-state index contributed by atoms with van der Waals surface area (Å²) in [5, 5.41) is 8.45. The highest BCUT2D eigenvalue weighted by atomic mass is 14.8. The van der Waals surface area contributed by atoms with Crippen molar-refractivity contribution in [2.45, 2.75) is 116 Å². The minimum atomic E-state index is -0.245. The van der Waals surface area contributed by atoms with E-state index < -0.39 is 0 Å². The van der Waals surface area contributed by atoms with E-state index in [4.69, 9.17) is 44.9 Å². The molecule has 9 heterocycles. The Kier molecular flexibility index (Phi) is 19.2. The predicted octanol–water partition coefficient (Wildman–Crippen LogP) is 33.1. The van der Waals surface area contributed by atoms with Crippen LogP contribution in [0.15, 0.2) is 395 Å². The smallest absolute Gasteiger partial charge is 0.0746 e. The second-order valence-corrected chi connectivity index (χ2v) is 42.4. The fraction of sp³-hybridized carbons (Fsp3) is 0.135. The average molecular weight is 1830 g/mol. The third-order valence-electron chi connectivity index (χ3n) is 32.0. The van der Waals surface area contributed by atoms with E-state index in [1.165, 1.54) is 155 Å². The first-order valence-electron chi connectivity index (χ1n) is 49.5. The molecule has 0 fully saturated rings. The summed E-state index contributed by atoms with van der Waals surface area (Å²) in [7, 11) is 0. The van der Waals surface area contributed by atoms with Crippen LogP contribution in [0.4, 0.5) is 0 Å². The van der Waals surface area contributed by atoms with Gasteiger partial charge >= 0.3 is 0 Å². The van der Waals surface area contributed by atoms with E-state index in [-0.39, 0.29) is 32.5 Å². The minimum absolute atomic E-state index is 0.0936. The summed E-state index contributed by atoms with van der Waals surface area (Å²) in [6.45, 7) is 27.8. The van der Waals surface area contributed by atoms with Crippen molar-refractivity contribution in [3.8, 4) is 168 Å². The molecule has 142 heavy (non-hydrogen) atoms. The number of fused-ring (bicyclic) bond motifs is 22. The minimum Gasteiger partial charge on any atom is -0.256 e. The molecule has 678 valence electrons. The Morgan fingerprint density at radius 3 is 0.986 bits per heavy atom. The maximum absolute atomic E-state index is 5.42. The summed E-state index contributed by atoms with van der Waals surface area (Å²) >= 11 is 0. The van der Waals surface area contributed by atoms with Crippen LogP contribution in [-0.2, 0) is 32.5 Å². The molecule has 0 saturated carbocycles. The number of hydrogen-bond acceptors (Lipinski definition) is 9. The molecule has 0 bridgehead atoms. The molecule has 6 aliphatic carbocycles. The maximum atomic E-state index is 5.42. The molecule has 9 heteroatoms. The van der Waals surface area contributed by atoms with Gasteiger partial charge in [-0.05, 0) is 254 Å². The number of benzene rings is 13. The molecule has 22 aromatic rings. The lowest BCUT2D eigenvalue weighted by Gasteiger charge is -2.24. The first kappa shape index (κ1) is 85.7. The molecule has 9 nitrogen and oxygen atoms in total. The molecule has 0 amide bonds. The topological polar surface area (TPSA) is 116 Å². The maximum Gasteiger partial charge on any atom is 0.0746 e. The molecule has 28 rings (SSSR count). The van der Waals surface area contributed by atoms with Crippen LogP contribution >= 0.6 is 0 Å². The number of rotatable bonds is 9. The quantitative estimate of drug-likeness (QED) is 0.139. The molecule has 6 aliphatic rings. The van der Waals surface area contributed by atoms with Gasteiger partial charge in [-0.2, -0.15) is 0 Å². The Labute approximate surface area is 828 Å². The van der Waals surface area contributed by atoms with Gasteiger partial charge in [-0.25, -0.2) is 15.0 Å². The molecule has 0 aliphatic heterocycles. The highest BCUT2D eigenvalue weighted by Gasteiger charge is 2.47. The number of pyridine rings is 9. The number of nitrogens with zero attached hydrogens (tertiary/aromatic N) is 9. The first-order chi connectivity index (χ1) is 68.9. The van der Waals surface area contributed by atoms with Gasteiger partial charge in [0.2, 0.25) is 0 Å². The van der Waals surface area contributed by atoms with Crippen LogP contribution in [0.25, 0.3) is 212 Å². The lowest BCUT2D eigenvalue weighted by molar-refractivity contribution is 0.651. The van der Waals surface area contributed by atoms with Crippen molar-refractivity contribution in [3.63, 3.8) is 0 Å².